The summed E-state index contributed by atoms with van der Waals surface area (Å²) in [5.41, 5.74) is 1.54. The van der Waals surface area contributed by atoms with Crippen molar-refractivity contribution in [2.24, 2.45) is 0 Å². The fourth-order valence-corrected chi connectivity index (χ4v) is 2.15. The average Bonchev–Trinajstić information content (AvgIpc) is 2.54. The smallest absolute Gasteiger partial charge is 0.262 e. The summed E-state index contributed by atoms with van der Waals surface area (Å²) >= 11 is 0. The van der Waals surface area contributed by atoms with Gasteiger partial charge in [0.1, 0.15) is 5.82 Å². The van der Waals surface area contributed by atoms with Crippen LogP contribution in [0.2, 0.25) is 0 Å². The lowest BCUT2D eigenvalue weighted by Gasteiger charge is -2.07. The zero-order valence-electron chi connectivity index (χ0n) is 11.6. The molecular formula is C17H13N3O. The molecule has 0 aliphatic heterocycles. The molecule has 0 amide bonds. The highest BCUT2D eigenvalue weighted by Gasteiger charge is 2.06. The van der Waals surface area contributed by atoms with Gasteiger partial charge in [-0.15, -0.1) is 0 Å². The van der Waals surface area contributed by atoms with Crippen molar-refractivity contribution in [3.63, 3.8) is 0 Å². The maximum Gasteiger partial charge on any atom is 0.262 e. The third-order valence-electron chi connectivity index (χ3n) is 3.20. The van der Waals surface area contributed by atoms with Gasteiger partial charge in [-0.05, 0) is 30.7 Å². The molecule has 102 valence electrons. The van der Waals surface area contributed by atoms with E-state index in [9.17, 15) is 4.79 Å². The van der Waals surface area contributed by atoms with E-state index in [1.165, 1.54) is 0 Å². The molecule has 0 N–H and O–H groups in total. The average molecular weight is 275 g/mol. The number of aromatic nitrogens is 3. The van der Waals surface area contributed by atoms with Crippen LogP contribution in [0.1, 0.15) is 18.3 Å². The fourth-order valence-electron chi connectivity index (χ4n) is 2.15. The van der Waals surface area contributed by atoms with Gasteiger partial charge in [0.2, 0.25) is 0 Å². The molecule has 2 heterocycles. The summed E-state index contributed by atoms with van der Waals surface area (Å²) in [6.45, 7) is 2.49. The van der Waals surface area contributed by atoms with E-state index in [-0.39, 0.29) is 5.56 Å². The first-order valence-electron chi connectivity index (χ1n) is 6.70. The molecule has 0 aliphatic carbocycles. The minimum absolute atomic E-state index is 0.0569. The Morgan fingerprint density at radius 2 is 2.14 bits per heavy atom. The van der Waals surface area contributed by atoms with Crippen LogP contribution in [0.4, 0.5) is 0 Å². The highest BCUT2D eigenvalue weighted by Crippen LogP contribution is 2.09. The van der Waals surface area contributed by atoms with E-state index >= 15 is 0 Å². The summed E-state index contributed by atoms with van der Waals surface area (Å²) in [5.74, 6) is 0.624. The van der Waals surface area contributed by atoms with Gasteiger partial charge in [0.15, 0.2) is 0 Å². The van der Waals surface area contributed by atoms with E-state index < -0.39 is 0 Å². The van der Waals surface area contributed by atoms with Gasteiger partial charge < -0.3 is 0 Å². The number of nitrogens with zero attached hydrogens (tertiary/aromatic N) is 3. The van der Waals surface area contributed by atoms with Crippen LogP contribution >= 0.6 is 0 Å². The first-order valence-corrected chi connectivity index (χ1v) is 6.70. The van der Waals surface area contributed by atoms with Crippen LogP contribution in [0.5, 0.6) is 0 Å². The van der Waals surface area contributed by atoms with Crippen molar-refractivity contribution >= 4 is 23.1 Å². The second kappa shape index (κ2) is 5.59. The van der Waals surface area contributed by atoms with Gasteiger partial charge in [-0.25, -0.2) is 4.98 Å². The predicted molar refractivity (Wildman–Crippen MR) is 82.5 cm³/mol. The minimum atomic E-state index is -0.0569. The van der Waals surface area contributed by atoms with Crippen LogP contribution in [-0.2, 0) is 6.54 Å². The maximum atomic E-state index is 12.4. The summed E-state index contributed by atoms with van der Waals surface area (Å²) in [6.07, 6.45) is 7.21. The molecule has 4 heteroatoms. The Bertz CT molecular complexity index is 851. The van der Waals surface area contributed by atoms with Crippen LogP contribution in [0, 0.1) is 12.1 Å². The molecule has 0 unspecified atom stereocenters. The van der Waals surface area contributed by atoms with Gasteiger partial charge in [-0.1, -0.05) is 18.2 Å². The number of hydrogen-bond donors (Lipinski definition) is 0. The van der Waals surface area contributed by atoms with Crippen molar-refractivity contribution in [1.82, 2.24) is 14.5 Å². The van der Waals surface area contributed by atoms with E-state index in [2.05, 4.69) is 22.1 Å². The lowest BCUT2D eigenvalue weighted by molar-refractivity contribution is 0.708. The summed E-state index contributed by atoms with van der Waals surface area (Å²) < 4.78 is 1.64. The Morgan fingerprint density at radius 3 is 2.90 bits per heavy atom. The maximum absolute atomic E-state index is 12.4. The zero-order valence-corrected chi connectivity index (χ0v) is 11.6. The summed E-state index contributed by atoms with van der Waals surface area (Å²) in [6, 6.07) is 12.8. The largest absolute Gasteiger partial charge is 0.293 e. The molecule has 0 bridgehead atoms. The molecule has 0 saturated carbocycles. The van der Waals surface area contributed by atoms with Gasteiger partial charge in [0, 0.05) is 31.1 Å². The zero-order chi connectivity index (χ0) is 14.7. The van der Waals surface area contributed by atoms with Crippen LogP contribution in [0.25, 0.3) is 23.1 Å². The quantitative estimate of drug-likeness (QED) is 0.738. The predicted octanol–water partition coefficient (Wildman–Crippen LogP) is 2.58. The third-order valence-corrected chi connectivity index (χ3v) is 3.20. The molecule has 0 aliphatic rings. The van der Waals surface area contributed by atoms with Crippen molar-refractivity contribution in [2.75, 3.05) is 0 Å². The Balaban J connectivity index is 2.14. The summed E-state index contributed by atoms with van der Waals surface area (Å²) in [4.78, 5) is 21.0. The Kier molecular flexibility index (Phi) is 3.48. The fraction of sp³-hybridized carbons (Fsp3) is 0.118. The van der Waals surface area contributed by atoms with Crippen LogP contribution in [0.3, 0.4) is 0 Å². The molecule has 0 fully saturated rings. The highest BCUT2D eigenvalue weighted by atomic mass is 16.1. The van der Waals surface area contributed by atoms with Gasteiger partial charge in [-0.2, -0.15) is 0 Å². The number of fused-ring (bicyclic) bond motifs is 1. The highest BCUT2D eigenvalue weighted by molar-refractivity contribution is 5.78. The second-order valence-electron chi connectivity index (χ2n) is 4.52. The molecule has 0 radical (unpaired) electrons. The van der Waals surface area contributed by atoms with Gasteiger partial charge in [0.25, 0.3) is 5.56 Å². The Hall–Kier alpha value is -2.93. The molecule has 3 rings (SSSR count). The van der Waals surface area contributed by atoms with Crippen LogP contribution in [-0.4, -0.2) is 14.5 Å². The monoisotopic (exact) mass is 275 g/mol. The first kappa shape index (κ1) is 13.1. The Labute approximate surface area is 122 Å². The van der Waals surface area contributed by atoms with Gasteiger partial charge in [0.05, 0.1) is 10.9 Å². The normalized spacial score (nSPS) is 10.9. The molecule has 4 nitrogen and oxygen atoms in total. The standard InChI is InChI=1S/C17H13N3O/c1-2-20-16(10-9-13-6-5-11-18-12-13)19-15-8-4-3-7-14(15)17(20)21/h5-12H,2H2,1H3/b10-9+. The van der Waals surface area contributed by atoms with Crippen molar-refractivity contribution < 1.29 is 0 Å². The molecule has 1 aromatic carbocycles. The summed E-state index contributed by atoms with van der Waals surface area (Å²) in [5, 5.41) is 0.564. The van der Waals surface area contributed by atoms with Crippen molar-refractivity contribution in [3.05, 3.63) is 70.5 Å². The van der Waals surface area contributed by atoms with Gasteiger partial charge in [-0.3, -0.25) is 14.3 Å². The topological polar surface area (TPSA) is 47.8 Å². The molecule has 0 atom stereocenters. The molecule has 21 heavy (non-hydrogen) atoms. The number of hydrogen-bond acceptors (Lipinski definition) is 3. The van der Waals surface area contributed by atoms with E-state index in [0.29, 0.717) is 23.3 Å². The van der Waals surface area contributed by atoms with Crippen LogP contribution < -0.4 is 5.56 Å². The summed E-state index contributed by atoms with van der Waals surface area (Å²) in [7, 11) is 0. The molecule has 0 spiro atoms. The molecule has 0 saturated heterocycles. The van der Waals surface area contributed by atoms with Gasteiger partial charge >= 0.3 is 0 Å². The van der Waals surface area contributed by atoms with Crippen LogP contribution in [0.15, 0.2) is 41.5 Å². The van der Waals surface area contributed by atoms with Crippen molar-refractivity contribution in [3.8, 4) is 0 Å². The van der Waals surface area contributed by atoms with E-state index in [1.54, 1.807) is 29.1 Å². The second-order valence-corrected chi connectivity index (χ2v) is 4.52. The number of rotatable bonds is 3. The Morgan fingerprint density at radius 1 is 1.29 bits per heavy atom. The van der Waals surface area contributed by atoms with E-state index in [0.717, 1.165) is 5.56 Å². The first-order chi connectivity index (χ1) is 10.3. The van der Waals surface area contributed by atoms with E-state index in [4.69, 9.17) is 0 Å². The lowest BCUT2D eigenvalue weighted by Crippen LogP contribution is -2.22. The van der Waals surface area contributed by atoms with Crippen molar-refractivity contribution in [1.29, 1.82) is 0 Å². The SMILES string of the molecule is CCn1c(/C=C/c2cccnc2)nc2cc#ccc2c1=O. The van der Waals surface area contributed by atoms with E-state index in [1.807, 2.05) is 31.2 Å². The lowest BCUT2D eigenvalue weighted by atomic mass is 10.2. The molecular weight excluding hydrogens is 262 g/mol. The van der Waals surface area contributed by atoms with Crippen molar-refractivity contribution in [2.45, 2.75) is 13.5 Å². The minimum Gasteiger partial charge on any atom is -0.293 e. The number of pyridine rings is 1. The molecule has 2 aromatic heterocycles. The third kappa shape index (κ3) is 2.54. The molecule has 3 aromatic rings.